The first-order chi connectivity index (χ1) is 6.59. The zero-order valence-electron chi connectivity index (χ0n) is 8.25. The molecule has 1 aromatic heterocycles. The predicted molar refractivity (Wildman–Crippen MR) is 53.0 cm³/mol. The molecule has 0 unspecified atom stereocenters. The molecular weight excluding hydrogens is 183 g/mol. The van der Waals surface area contributed by atoms with Crippen molar-refractivity contribution >= 4 is 5.91 Å². The lowest BCUT2D eigenvalue weighted by atomic mass is 10.2. The zero-order chi connectivity index (χ0) is 10.6. The van der Waals surface area contributed by atoms with Gasteiger partial charge in [-0.25, -0.2) is 4.39 Å². The molecule has 1 N–H and O–H groups in total. The number of amides is 1. The Kier molecular flexibility index (Phi) is 3.56. The van der Waals surface area contributed by atoms with E-state index in [1.165, 1.54) is 12.3 Å². The number of hydrogen-bond donors (Lipinski definition) is 1. The third kappa shape index (κ3) is 3.12. The van der Waals surface area contributed by atoms with Crippen molar-refractivity contribution in [2.45, 2.75) is 20.4 Å². The quantitative estimate of drug-likeness (QED) is 0.803. The number of nitrogens with one attached hydrogen (secondary N) is 1. The fourth-order valence-electron chi connectivity index (χ4n) is 0.946. The lowest BCUT2D eigenvalue weighted by Gasteiger charge is -2.06. The summed E-state index contributed by atoms with van der Waals surface area (Å²) in [6, 6.07) is 1.35. The molecule has 78 valence electrons. The van der Waals surface area contributed by atoms with Crippen molar-refractivity contribution in [2.75, 3.05) is 0 Å². The highest BCUT2D eigenvalue weighted by Crippen LogP contribution is 2.00. The molecule has 0 saturated heterocycles. The average Bonchev–Trinajstić information content (AvgIpc) is 2.14. The van der Waals surface area contributed by atoms with E-state index in [0.717, 1.165) is 6.20 Å². The van der Waals surface area contributed by atoms with Gasteiger partial charge in [0.15, 0.2) is 0 Å². The lowest BCUT2D eigenvalue weighted by molar-refractivity contribution is -0.124. The van der Waals surface area contributed by atoms with E-state index in [1.54, 1.807) is 13.8 Å². The van der Waals surface area contributed by atoms with E-state index >= 15 is 0 Å². The topological polar surface area (TPSA) is 42.0 Å². The smallest absolute Gasteiger partial charge is 0.222 e. The minimum atomic E-state index is -0.388. The van der Waals surface area contributed by atoms with Gasteiger partial charge < -0.3 is 5.32 Å². The van der Waals surface area contributed by atoms with E-state index < -0.39 is 0 Å². The van der Waals surface area contributed by atoms with Crippen LogP contribution in [-0.2, 0) is 11.3 Å². The third-order valence-corrected chi connectivity index (χ3v) is 1.75. The first kappa shape index (κ1) is 10.6. The summed E-state index contributed by atoms with van der Waals surface area (Å²) in [6.45, 7) is 3.93. The molecule has 4 heteroatoms. The van der Waals surface area contributed by atoms with Crippen LogP contribution in [0.3, 0.4) is 0 Å². The summed E-state index contributed by atoms with van der Waals surface area (Å²) in [5.41, 5.74) is 0.666. The van der Waals surface area contributed by atoms with Gasteiger partial charge in [-0.15, -0.1) is 0 Å². The van der Waals surface area contributed by atoms with E-state index in [-0.39, 0.29) is 19.1 Å². The zero-order valence-corrected chi connectivity index (χ0v) is 8.25. The number of aromatic nitrogens is 1. The van der Waals surface area contributed by atoms with Crippen molar-refractivity contribution in [3.8, 4) is 0 Å². The summed E-state index contributed by atoms with van der Waals surface area (Å²) >= 11 is 0. The summed E-state index contributed by atoms with van der Waals surface area (Å²) in [4.78, 5) is 14.9. The Bertz CT molecular complexity index is 331. The van der Waals surface area contributed by atoms with Crippen molar-refractivity contribution in [3.05, 3.63) is 29.8 Å². The number of carbonyl (C=O) groups is 1. The maximum Gasteiger partial charge on any atom is 0.222 e. The molecule has 0 spiro atoms. The van der Waals surface area contributed by atoms with Gasteiger partial charge in [0.25, 0.3) is 0 Å². The predicted octanol–water partition coefficient (Wildman–Crippen LogP) is 1.74. The highest BCUT2D eigenvalue weighted by atomic mass is 19.1. The molecule has 1 aromatic rings. The van der Waals surface area contributed by atoms with Crippen molar-refractivity contribution in [2.24, 2.45) is 5.92 Å². The van der Waals surface area contributed by atoms with Gasteiger partial charge in [0, 0.05) is 20.1 Å². The van der Waals surface area contributed by atoms with Crippen LogP contribution in [-0.4, -0.2) is 10.9 Å². The molecule has 1 heterocycles. The van der Waals surface area contributed by atoms with Gasteiger partial charge in [-0.1, -0.05) is 13.8 Å². The maximum absolute atomic E-state index is 12.7. The Labute approximate surface area is 83.8 Å². The van der Waals surface area contributed by atoms with Crippen molar-refractivity contribution < 1.29 is 10.6 Å². The Balaban J connectivity index is 0.00000196. The van der Waals surface area contributed by atoms with Crippen molar-refractivity contribution in [1.29, 1.82) is 0 Å². The van der Waals surface area contributed by atoms with Gasteiger partial charge in [-0.2, -0.15) is 0 Å². The van der Waals surface area contributed by atoms with E-state index in [0.29, 0.717) is 12.1 Å². The number of carbonyl (C=O) groups excluding carboxylic acids is 1. The molecule has 14 heavy (non-hydrogen) atoms. The van der Waals surface area contributed by atoms with Crippen LogP contribution in [0.15, 0.2) is 18.5 Å². The third-order valence-electron chi connectivity index (χ3n) is 1.75. The Hall–Kier alpha value is -1.45. The van der Waals surface area contributed by atoms with Gasteiger partial charge in [-0.3, -0.25) is 9.78 Å². The van der Waals surface area contributed by atoms with Crippen LogP contribution in [0.2, 0.25) is 0 Å². The van der Waals surface area contributed by atoms with Crippen LogP contribution in [0.4, 0.5) is 4.39 Å². The number of nitrogens with zero attached hydrogens (tertiary/aromatic N) is 1. The number of halogens is 1. The van der Waals surface area contributed by atoms with Crippen molar-refractivity contribution in [3.63, 3.8) is 0 Å². The highest BCUT2D eigenvalue weighted by molar-refractivity contribution is 5.77. The van der Waals surface area contributed by atoms with Crippen LogP contribution in [0.1, 0.15) is 20.8 Å². The first-order valence-corrected chi connectivity index (χ1v) is 4.46. The number of pyridine rings is 1. The fraction of sp³-hybridized carbons (Fsp3) is 0.400. The normalized spacial score (nSPS) is 10.3. The van der Waals surface area contributed by atoms with Gasteiger partial charge in [0.1, 0.15) is 5.82 Å². The summed E-state index contributed by atoms with van der Waals surface area (Å²) in [7, 11) is 0. The summed E-state index contributed by atoms with van der Waals surface area (Å²) in [6.07, 6.45) is 2.66. The second-order valence-corrected chi connectivity index (χ2v) is 3.38. The fourth-order valence-corrected chi connectivity index (χ4v) is 0.946. The lowest BCUT2D eigenvalue weighted by Crippen LogP contribution is -2.27. The molecule has 1 amide bonds. The second-order valence-electron chi connectivity index (χ2n) is 3.38. The molecule has 0 aromatic carbocycles. The Morgan fingerprint density at radius 2 is 2.36 bits per heavy atom. The highest BCUT2D eigenvalue weighted by Gasteiger charge is 2.05. The molecule has 1 rings (SSSR count). The van der Waals surface area contributed by atoms with E-state index in [9.17, 15) is 9.18 Å². The van der Waals surface area contributed by atoms with Gasteiger partial charge in [-0.05, 0) is 11.6 Å². The van der Waals surface area contributed by atoms with Crippen LogP contribution in [0.5, 0.6) is 0 Å². The molecule has 0 aliphatic heterocycles. The summed E-state index contributed by atoms with van der Waals surface area (Å²) < 4.78 is 12.7. The van der Waals surface area contributed by atoms with E-state index in [4.69, 9.17) is 0 Å². The standard InChI is InChI=1S/C10H13FN2O.H2/c1-7(2)10(14)13-5-8-3-9(11)6-12-4-8;/h3-4,6-7H,5H2,1-2H3,(H,13,14);1H. The van der Waals surface area contributed by atoms with Gasteiger partial charge >= 0.3 is 0 Å². The minimum Gasteiger partial charge on any atom is -0.352 e. The Morgan fingerprint density at radius 3 is 2.93 bits per heavy atom. The van der Waals surface area contributed by atoms with Crippen LogP contribution in [0.25, 0.3) is 0 Å². The molecule has 0 aliphatic rings. The molecule has 0 radical (unpaired) electrons. The molecule has 0 fully saturated rings. The molecule has 3 nitrogen and oxygen atoms in total. The number of hydrogen-bond acceptors (Lipinski definition) is 2. The average molecular weight is 198 g/mol. The van der Waals surface area contributed by atoms with Crippen molar-refractivity contribution in [1.82, 2.24) is 10.3 Å². The van der Waals surface area contributed by atoms with E-state index in [1.807, 2.05) is 0 Å². The summed E-state index contributed by atoms with van der Waals surface area (Å²) in [5.74, 6) is -0.493. The molecule has 0 atom stereocenters. The maximum atomic E-state index is 12.7. The Morgan fingerprint density at radius 1 is 1.64 bits per heavy atom. The molecular formula is C10H15FN2O. The van der Waals surface area contributed by atoms with E-state index in [2.05, 4.69) is 10.3 Å². The largest absolute Gasteiger partial charge is 0.352 e. The second kappa shape index (κ2) is 4.69. The summed E-state index contributed by atoms with van der Waals surface area (Å²) in [5, 5.41) is 2.68. The SMILES string of the molecule is CC(C)C(=O)NCc1cncc(F)c1.[HH]. The van der Waals surface area contributed by atoms with Crippen LogP contribution in [0, 0.1) is 11.7 Å². The number of rotatable bonds is 3. The van der Waals surface area contributed by atoms with Crippen LogP contribution >= 0.6 is 0 Å². The molecule has 0 aliphatic carbocycles. The molecule has 0 bridgehead atoms. The molecule has 0 saturated carbocycles. The first-order valence-electron chi connectivity index (χ1n) is 4.46. The van der Waals surface area contributed by atoms with Crippen LogP contribution < -0.4 is 5.32 Å². The van der Waals surface area contributed by atoms with Gasteiger partial charge in [0.05, 0.1) is 6.20 Å². The minimum absolute atomic E-state index is 0. The van der Waals surface area contributed by atoms with Gasteiger partial charge in [0.2, 0.25) is 5.91 Å². The monoisotopic (exact) mass is 198 g/mol.